The van der Waals surface area contributed by atoms with E-state index in [1.807, 2.05) is 0 Å². The zero-order valence-corrected chi connectivity index (χ0v) is 9.42. The number of rotatable bonds is 1. The summed E-state index contributed by atoms with van der Waals surface area (Å²) < 4.78 is 1.49. The molecule has 0 unspecified atom stereocenters. The molecular weight excluding hydrogens is 235 g/mol. The molecule has 0 spiro atoms. The number of nitrogens with two attached hydrogens (primary N) is 1. The van der Waals surface area contributed by atoms with Crippen LogP contribution in [0.1, 0.15) is 0 Å². The number of halogens is 2. The van der Waals surface area contributed by atoms with E-state index in [0.29, 0.717) is 21.8 Å². The molecule has 1 heterocycles. The molecule has 2 aromatic rings. The summed E-state index contributed by atoms with van der Waals surface area (Å²) in [5.41, 5.74) is 6.33. The zero-order chi connectivity index (χ0) is 11.0. The molecule has 1 aromatic carbocycles. The summed E-state index contributed by atoms with van der Waals surface area (Å²) in [5.74, 6) is 0.862. The third-order valence-electron chi connectivity index (χ3n) is 1.92. The Kier molecular flexibility index (Phi) is 2.54. The van der Waals surface area contributed by atoms with Gasteiger partial charge in [-0.15, -0.1) is 5.10 Å². The number of aromatic nitrogens is 3. The van der Waals surface area contributed by atoms with Gasteiger partial charge in [-0.25, -0.2) is 4.68 Å². The lowest BCUT2D eigenvalue weighted by Gasteiger charge is -1.97. The lowest BCUT2D eigenvalue weighted by molar-refractivity contribution is 0.781. The average molecular weight is 243 g/mol. The van der Waals surface area contributed by atoms with Crippen molar-refractivity contribution in [2.24, 2.45) is 7.05 Å². The maximum atomic E-state index is 5.87. The first-order valence-corrected chi connectivity index (χ1v) is 4.95. The fourth-order valence-corrected chi connectivity index (χ4v) is 1.73. The van der Waals surface area contributed by atoms with Crippen molar-refractivity contribution in [2.75, 3.05) is 5.73 Å². The molecule has 0 saturated heterocycles. The largest absolute Gasteiger partial charge is 0.368 e. The van der Waals surface area contributed by atoms with E-state index in [1.54, 1.807) is 25.2 Å². The number of hydrogen-bond acceptors (Lipinski definition) is 3. The van der Waals surface area contributed by atoms with Crippen molar-refractivity contribution in [1.82, 2.24) is 14.8 Å². The number of nitrogen functional groups attached to an aromatic ring is 1. The van der Waals surface area contributed by atoms with Crippen molar-refractivity contribution in [2.45, 2.75) is 0 Å². The van der Waals surface area contributed by atoms with Gasteiger partial charge in [0.15, 0.2) is 5.82 Å². The summed E-state index contributed by atoms with van der Waals surface area (Å²) in [4.78, 5) is 4.08. The van der Waals surface area contributed by atoms with Gasteiger partial charge in [0.2, 0.25) is 5.95 Å². The number of benzene rings is 1. The molecule has 6 heteroatoms. The fourth-order valence-electron chi connectivity index (χ4n) is 1.20. The molecule has 15 heavy (non-hydrogen) atoms. The highest BCUT2D eigenvalue weighted by molar-refractivity contribution is 6.35. The van der Waals surface area contributed by atoms with Crippen LogP contribution < -0.4 is 5.73 Å². The highest BCUT2D eigenvalue weighted by Gasteiger charge is 2.08. The first-order valence-electron chi connectivity index (χ1n) is 4.19. The highest BCUT2D eigenvalue weighted by atomic mass is 35.5. The highest BCUT2D eigenvalue weighted by Crippen LogP contribution is 2.25. The molecule has 0 saturated carbocycles. The Labute approximate surface area is 96.6 Å². The van der Waals surface area contributed by atoms with E-state index in [-0.39, 0.29) is 0 Å². The van der Waals surface area contributed by atoms with Gasteiger partial charge in [-0.2, -0.15) is 4.98 Å². The maximum absolute atomic E-state index is 5.87. The van der Waals surface area contributed by atoms with Crippen LogP contribution in [0.4, 0.5) is 5.95 Å². The summed E-state index contributed by atoms with van der Waals surface area (Å²) in [6.45, 7) is 0. The number of anilines is 1. The summed E-state index contributed by atoms with van der Waals surface area (Å²) >= 11 is 11.7. The predicted octanol–water partition coefficient (Wildman–Crippen LogP) is 2.37. The summed E-state index contributed by atoms with van der Waals surface area (Å²) in [7, 11) is 1.72. The monoisotopic (exact) mass is 242 g/mol. The molecule has 0 radical (unpaired) electrons. The molecule has 4 nitrogen and oxygen atoms in total. The second-order valence-corrected chi connectivity index (χ2v) is 3.95. The van der Waals surface area contributed by atoms with Crippen LogP contribution >= 0.6 is 23.2 Å². The Morgan fingerprint density at radius 2 is 1.80 bits per heavy atom. The van der Waals surface area contributed by atoms with E-state index < -0.39 is 0 Å². The minimum absolute atomic E-state index is 0.348. The second kappa shape index (κ2) is 3.72. The summed E-state index contributed by atoms with van der Waals surface area (Å²) in [5, 5.41) is 5.22. The predicted molar refractivity (Wildman–Crippen MR) is 60.9 cm³/mol. The van der Waals surface area contributed by atoms with E-state index in [1.165, 1.54) is 4.68 Å². The Hall–Kier alpha value is -1.26. The molecule has 2 N–H and O–H groups in total. The molecule has 1 aromatic heterocycles. The van der Waals surface area contributed by atoms with Gasteiger partial charge >= 0.3 is 0 Å². The van der Waals surface area contributed by atoms with E-state index in [2.05, 4.69) is 10.1 Å². The second-order valence-electron chi connectivity index (χ2n) is 3.08. The maximum Gasteiger partial charge on any atom is 0.218 e. The van der Waals surface area contributed by atoms with Gasteiger partial charge in [-0.05, 0) is 18.2 Å². The molecule has 78 valence electrons. The van der Waals surface area contributed by atoms with Crippen LogP contribution in [0, 0.1) is 0 Å². The van der Waals surface area contributed by atoms with Gasteiger partial charge in [0.1, 0.15) is 0 Å². The van der Waals surface area contributed by atoms with Gasteiger partial charge < -0.3 is 5.73 Å². The zero-order valence-electron chi connectivity index (χ0n) is 7.91. The van der Waals surface area contributed by atoms with Crippen LogP contribution in [-0.2, 0) is 7.05 Å². The van der Waals surface area contributed by atoms with Crippen LogP contribution in [0.2, 0.25) is 10.0 Å². The normalized spacial score (nSPS) is 10.6. The van der Waals surface area contributed by atoms with Gasteiger partial charge in [0, 0.05) is 22.7 Å². The van der Waals surface area contributed by atoms with Crippen LogP contribution in [0.25, 0.3) is 11.4 Å². The Balaban J connectivity index is 2.53. The molecule has 0 aliphatic rings. The minimum Gasteiger partial charge on any atom is -0.368 e. The van der Waals surface area contributed by atoms with E-state index in [9.17, 15) is 0 Å². The third-order valence-corrected chi connectivity index (χ3v) is 2.35. The smallest absolute Gasteiger partial charge is 0.218 e. The molecule has 2 rings (SSSR count). The van der Waals surface area contributed by atoms with Gasteiger partial charge in [-0.1, -0.05) is 23.2 Å². The van der Waals surface area contributed by atoms with Crippen molar-refractivity contribution in [3.05, 3.63) is 28.2 Å². The quantitative estimate of drug-likeness (QED) is 0.836. The standard InChI is InChI=1S/C9H8Cl2N4/c1-15-9(12)13-8(14-15)5-2-6(10)4-7(11)3-5/h2-4H,1H3,(H2,12,13,14). The SMILES string of the molecule is Cn1nc(-c2cc(Cl)cc(Cl)c2)nc1N. The topological polar surface area (TPSA) is 56.7 Å². The number of aryl methyl sites for hydroxylation is 1. The fraction of sp³-hybridized carbons (Fsp3) is 0.111. The first kappa shape index (κ1) is 10.3. The van der Waals surface area contributed by atoms with Gasteiger partial charge in [0.25, 0.3) is 0 Å². The van der Waals surface area contributed by atoms with Crippen LogP contribution in [0.15, 0.2) is 18.2 Å². The summed E-state index contributed by atoms with van der Waals surface area (Å²) in [6.07, 6.45) is 0. The lowest BCUT2D eigenvalue weighted by atomic mass is 10.2. The van der Waals surface area contributed by atoms with Crippen molar-refractivity contribution >= 4 is 29.2 Å². The number of hydrogen-bond donors (Lipinski definition) is 1. The van der Waals surface area contributed by atoms with Crippen molar-refractivity contribution in [3.8, 4) is 11.4 Å². The Morgan fingerprint density at radius 1 is 1.20 bits per heavy atom. The molecule has 0 bridgehead atoms. The van der Waals surface area contributed by atoms with Gasteiger partial charge in [-0.3, -0.25) is 0 Å². The Morgan fingerprint density at radius 3 is 2.27 bits per heavy atom. The molecule has 0 aliphatic carbocycles. The Bertz CT molecular complexity index is 467. The molecule has 0 aliphatic heterocycles. The minimum atomic E-state index is 0.348. The van der Waals surface area contributed by atoms with Crippen molar-refractivity contribution in [1.29, 1.82) is 0 Å². The van der Waals surface area contributed by atoms with Crippen LogP contribution in [0.5, 0.6) is 0 Å². The van der Waals surface area contributed by atoms with Crippen LogP contribution in [-0.4, -0.2) is 14.8 Å². The van der Waals surface area contributed by atoms with E-state index in [0.717, 1.165) is 5.56 Å². The lowest BCUT2D eigenvalue weighted by Crippen LogP contribution is -1.97. The molecule has 0 atom stereocenters. The van der Waals surface area contributed by atoms with E-state index in [4.69, 9.17) is 28.9 Å². The van der Waals surface area contributed by atoms with Crippen molar-refractivity contribution in [3.63, 3.8) is 0 Å². The molecular formula is C9H8Cl2N4. The average Bonchev–Trinajstić information content (AvgIpc) is 2.45. The molecule has 0 fully saturated rings. The summed E-state index contributed by atoms with van der Waals surface area (Å²) in [6, 6.07) is 5.13. The van der Waals surface area contributed by atoms with E-state index >= 15 is 0 Å². The van der Waals surface area contributed by atoms with Gasteiger partial charge in [0.05, 0.1) is 0 Å². The first-order chi connectivity index (χ1) is 7.06. The van der Waals surface area contributed by atoms with Crippen LogP contribution in [0.3, 0.4) is 0 Å². The number of nitrogens with zero attached hydrogens (tertiary/aromatic N) is 3. The van der Waals surface area contributed by atoms with Crippen molar-refractivity contribution < 1.29 is 0 Å². The molecule has 0 amide bonds. The third kappa shape index (κ3) is 2.06.